The summed E-state index contributed by atoms with van der Waals surface area (Å²) in [6, 6.07) is 8.33. The molecule has 1 unspecified atom stereocenters. The van der Waals surface area contributed by atoms with Crippen LogP contribution in [0.3, 0.4) is 0 Å². The lowest BCUT2D eigenvalue weighted by molar-refractivity contribution is -0.0163. The molecule has 1 atom stereocenters. The summed E-state index contributed by atoms with van der Waals surface area (Å²) in [5.74, 6) is 0.935. The van der Waals surface area contributed by atoms with Crippen molar-refractivity contribution in [2.45, 2.75) is 32.7 Å². The molecule has 2 N–H and O–H groups in total. The molecule has 0 bridgehead atoms. The number of hydrogen-bond donors (Lipinski definition) is 2. The first-order valence-electron chi connectivity index (χ1n) is 7.84. The Bertz CT molecular complexity index is 430. The van der Waals surface area contributed by atoms with Crippen LogP contribution in [0.1, 0.15) is 38.3 Å². The van der Waals surface area contributed by atoms with Gasteiger partial charge in [0.25, 0.3) is 0 Å². The zero-order chi connectivity index (χ0) is 15.1. The molecule has 2 rings (SSSR count). The number of nitrogens with one attached hydrogen (secondary N) is 1. The molecule has 0 saturated carbocycles. The van der Waals surface area contributed by atoms with Crippen LogP contribution in [-0.2, 0) is 4.74 Å². The average Bonchev–Trinajstić information content (AvgIpc) is 2.54. The summed E-state index contributed by atoms with van der Waals surface area (Å²) < 4.78 is 11.1. The zero-order valence-corrected chi connectivity index (χ0v) is 13.1. The monoisotopic (exact) mass is 293 g/mol. The van der Waals surface area contributed by atoms with Gasteiger partial charge in [-0.25, -0.2) is 0 Å². The molecule has 1 aliphatic rings. The largest absolute Gasteiger partial charge is 0.494 e. The summed E-state index contributed by atoms with van der Waals surface area (Å²) in [5, 5.41) is 13.3. The number of aliphatic hydroxyl groups excluding tert-OH is 1. The van der Waals surface area contributed by atoms with Gasteiger partial charge in [-0.1, -0.05) is 18.2 Å². The molecule has 1 saturated heterocycles. The van der Waals surface area contributed by atoms with Crippen LogP contribution in [0, 0.1) is 5.41 Å². The normalized spacial score (nSPS) is 19.2. The molecular weight excluding hydrogens is 266 g/mol. The summed E-state index contributed by atoms with van der Waals surface area (Å²) in [5.41, 5.74) is 1.12. The van der Waals surface area contributed by atoms with E-state index in [2.05, 4.69) is 18.3 Å². The maximum Gasteiger partial charge on any atom is 0.124 e. The van der Waals surface area contributed by atoms with Crippen molar-refractivity contribution in [2.24, 2.45) is 5.41 Å². The first-order chi connectivity index (χ1) is 10.2. The van der Waals surface area contributed by atoms with E-state index < -0.39 is 0 Å². The van der Waals surface area contributed by atoms with Gasteiger partial charge in [0, 0.05) is 36.8 Å². The van der Waals surface area contributed by atoms with Crippen molar-refractivity contribution in [3.05, 3.63) is 29.8 Å². The van der Waals surface area contributed by atoms with Crippen LogP contribution in [0.2, 0.25) is 0 Å². The average molecular weight is 293 g/mol. The molecule has 0 amide bonds. The van der Waals surface area contributed by atoms with E-state index >= 15 is 0 Å². The van der Waals surface area contributed by atoms with Crippen LogP contribution in [0.5, 0.6) is 5.75 Å². The van der Waals surface area contributed by atoms with Crippen LogP contribution in [-0.4, -0.2) is 38.1 Å². The molecule has 1 fully saturated rings. The SMILES string of the molecule is CCOc1ccccc1C(C)NCC1(CO)CCOCC1. The van der Waals surface area contributed by atoms with Gasteiger partial charge in [0.1, 0.15) is 5.75 Å². The summed E-state index contributed by atoms with van der Waals surface area (Å²) in [6.45, 7) is 7.30. The molecular formula is C17H27NO3. The Morgan fingerprint density at radius 3 is 2.71 bits per heavy atom. The van der Waals surface area contributed by atoms with Gasteiger partial charge >= 0.3 is 0 Å². The summed E-state index contributed by atoms with van der Waals surface area (Å²) >= 11 is 0. The van der Waals surface area contributed by atoms with Gasteiger partial charge in [-0.3, -0.25) is 0 Å². The van der Waals surface area contributed by atoms with Gasteiger partial charge in [0.2, 0.25) is 0 Å². The maximum atomic E-state index is 9.74. The van der Waals surface area contributed by atoms with Crippen molar-refractivity contribution >= 4 is 0 Å². The molecule has 0 spiro atoms. The molecule has 0 radical (unpaired) electrons. The van der Waals surface area contributed by atoms with Gasteiger partial charge in [-0.15, -0.1) is 0 Å². The molecule has 1 aromatic rings. The highest BCUT2D eigenvalue weighted by Gasteiger charge is 2.32. The highest BCUT2D eigenvalue weighted by Crippen LogP contribution is 2.31. The fraction of sp³-hybridized carbons (Fsp3) is 0.647. The van der Waals surface area contributed by atoms with E-state index in [9.17, 15) is 5.11 Å². The Balaban J connectivity index is 1.99. The quantitative estimate of drug-likeness (QED) is 0.811. The molecule has 1 aromatic carbocycles. The lowest BCUT2D eigenvalue weighted by Gasteiger charge is -2.36. The number of hydrogen-bond acceptors (Lipinski definition) is 4. The number of benzene rings is 1. The predicted molar refractivity (Wildman–Crippen MR) is 83.6 cm³/mol. The minimum Gasteiger partial charge on any atom is -0.494 e. The fourth-order valence-corrected chi connectivity index (χ4v) is 2.80. The van der Waals surface area contributed by atoms with E-state index in [1.165, 1.54) is 5.56 Å². The highest BCUT2D eigenvalue weighted by atomic mass is 16.5. The summed E-state index contributed by atoms with van der Waals surface area (Å²) in [6.07, 6.45) is 1.83. The van der Waals surface area contributed by atoms with Crippen molar-refractivity contribution < 1.29 is 14.6 Å². The molecule has 21 heavy (non-hydrogen) atoms. The van der Waals surface area contributed by atoms with E-state index in [0.29, 0.717) is 6.61 Å². The van der Waals surface area contributed by atoms with E-state index in [4.69, 9.17) is 9.47 Å². The highest BCUT2D eigenvalue weighted by molar-refractivity contribution is 5.35. The van der Waals surface area contributed by atoms with Crippen molar-refractivity contribution in [3.63, 3.8) is 0 Å². The third-order valence-electron chi connectivity index (χ3n) is 4.36. The van der Waals surface area contributed by atoms with E-state index in [0.717, 1.165) is 38.3 Å². The second-order valence-electron chi connectivity index (χ2n) is 5.84. The van der Waals surface area contributed by atoms with Crippen LogP contribution in [0.25, 0.3) is 0 Å². The molecule has 1 aliphatic heterocycles. The number of ether oxygens (including phenoxy) is 2. The Kier molecular flexibility index (Phi) is 6.03. The van der Waals surface area contributed by atoms with Crippen LogP contribution in [0.15, 0.2) is 24.3 Å². The predicted octanol–water partition coefficient (Wildman–Crippen LogP) is 2.53. The molecule has 4 nitrogen and oxygen atoms in total. The lowest BCUT2D eigenvalue weighted by Crippen LogP contribution is -2.42. The Hall–Kier alpha value is -1.10. The van der Waals surface area contributed by atoms with E-state index in [1.54, 1.807) is 0 Å². The second-order valence-corrected chi connectivity index (χ2v) is 5.84. The van der Waals surface area contributed by atoms with Gasteiger partial charge in [0.15, 0.2) is 0 Å². The Morgan fingerprint density at radius 2 is 2.05 bits per heavy atom. The van der Waals surface area contributed by atoms with Gasteiger partial charge in [-0.2, -0.15) is 0 Å². The van der Waals surface area contributed by atoms with Crippen LogP contribution < -0.4 is 10.1 Å². The minimum absolute atomic E-state index is 0.0485. The van der Waals surface area contributed by atoms with Crippen molar-refractivity contribution in [2.75, 3.05) is 33.0 Å². The first kappa shape index (κ1) is 16.3. The van der Waals surface area contributed by atoms with Gasteiger partial charge in [-0.05, 0) is 32.8 Å². The van der Waals surface area contributed by atoms with Crippen molar-refractivity contribution in [1.82, 2.24) is 5.32 Å². The topological polar surface area (TPSA) is 50.7 Å². The standard InChI is InChI=1S/C17H27NO3/c1-3-21-16-7-5-4-6-15(16)14(2)18-12-17(13-19)8-10-20-11-9-17/h4-7,14,18-19H,3,8-13H2,1-2H3. The molecule has 118 valence electrons. The number of para-hydroxylation sites is 1. The third kappa shape index (κ3) is 4.19. The van der Waals surface area contributed by atoms with Crippen LogP contribution >= 0.6 is 0 Å². The van der Waals surface area contributed by atoms with Crippen LogP contribution in [0.4, 0.5) is 0 Å². The van der Waals surface area contributed by atoms with Gasteiger partial charge in [0.05, 0.1) is 13.2 Å². The first-order valence-corrected chi connectivity index (χ1v) is 7.84. The molecule has 1 heterocycles. The Labute approximate surface area is 127 Å². The molecule has 0 aliphatic carbocycles. The molecule has 4 heteroatoms. The second kappa shape index (κ2) is 7.78. The summed E-state index contributed by atoms with van der Waals surface area (Å²) in [7, 11) is 0. The fourth-order valence-electron chi connectivity index (χ4n) is 2.80. The van der Waals surface area contributed by atoms with Crippen molar-refractivity contribution in [3.8, 4) is 5.75 Å². The Morgan fingerprint density at radius 1 is 1.33 bits per heavy atom. The van der Waals surface area contributed by atoms with Crippen molar-refractivity contribution in [1.29, 1.82) is 0 Å². The van der Waals surface area contributed by atoms with Gasteiger partial charge < -0.3 is 19.9 Å². The number of rotatable bonds is 7. The smallest absolute Gasteiger partial charge is 0.124 e. The number of aliphatic hydroxyl groups is 1. The molecule has 0 aromatic heterocycles. The van der Waals surface area contributed by atoms with E-state index in [1.807, 2.05) is 25.1 Å². The van der Waals surface area contributed by atoms with E-state index in [-0.39, 0.29) is 18.1 Å². The summed E-state index contributed by atoms with van der Waals surface area (Å²) in [4.78, 5) is 0. The third-order valence-corrected chi connectivity index (χ3v) is 4.36. The maximum absolute atomic E-state index is 9.74. The minimum atomic E-state index is -0.0485. The lowest BCUT2D eigenvalue weighted by atomic mass is 9.80. The zero-order valence-electron chi connectivity index (χ0n) is 13.1.